The Morgan fingerprint density at radius 1 is 0.839 bits per heavy atom. The Hall–Kier alpha value is -3.64. The van der Waals surface area contributed by atoms with Crippen molar-refractivity contribution in [2.75, 3.05) is 37.1 Å². The number of carbonyl (C=O) groups is 2. The third kappa shape index (κ3) is 6.17. The van der Waals surface area contributed by atoms with Crippen LogP contribution >= 0.6 is 0 Å². The molecule has 0 aliphatic heterocycles. The fourth-order valence-electron chi connectivity index (χ4n) is 2.93. The molecule has 0 spiro atoms. The molecule has 0 aromatic heterocycles. The van der Waals surface area contributed by atoms with Gasteiger partial charge in [0.25, 0.3) is 11.8 Å². The number of nitrogens with one attached hydrogen (secondary N) is 1. The van der Waals surface area contributed by atoms with E-state index in [0.717, 1.165) is 5.69 Å². The zero-order valence-electron chi connectivity index (χ0n) is 17.7. The first kappa shape index (κ1) is 22.1. The Bertz CT molecular complexity index is 986. The zero-order valence-corrected chi connectivity index (χ0v) is 17.7. The number of amides is 2. The van der Waals surface area contributed by atoms with Crippen molar-refractivity contribution in [2.45, 2.75) is 6.92 Å². The van der Waals surface area contributed by atoms with E-state index in [0.29, 0.717) is 42.4 Å². The lowest BCUT2D eigenvalue weighted by molar-refractivity contribution is 0.0991. The van der Waals surface area contributed by atoms with E-state index in [-0.39, 0.29) is 11.8 Å². The summed E-state index contributed by atoms with van der Waals surface area (Å²) < 4.78 is 10.8. The van der Waals surface area contributed by atoms with Crippen LogP contribution in [0.5, 0.6) is 5.75 Å². The van der Waals surface area contributed by atoms with Crippen molar-refractivity contribution in [3.8, 4) is 5.75 Å². The van der Waals surface area contributed by atoms with E-state index in [1.807, 2.05) is 37.3 Å². The quantitative estimate of drug-likeness (QED) is 0.515. The third-order valence-electron chi connectivity index (χ3n) is 4.65. The number of carbonyl (C=O) groups excluding carboxylic acids is 2. The van der Waals surface area contributed by atoms with Crippen LogP contribution in [0, 0.1) is 0 Å². The number of para-hydroxylation sites is 1. The number of benzene rings is 3. The second-order valence-corrected chi connectivity index (χ2v) is 6.80. The number of nitrogens with zero attached hydrogens (tertiary/aromatic N) is 1. The summed E-state index contributed by atoms with van der Waals surface area (Å²) in [6.07, 6.45) is 0. The second-order valence-electron chi connectivity index (χ2n) is 6.80. The van der Waals surface area contributed by atoms with Crippen LogP contribution in [0.4, 0.5) is 11.4 Å². The number of ether oxygens (including phenoxy) is 2. The van der Waals surface area contributed by atoms with E-state index in [2.05, 4.69) is 5.32 Å². The van der Waals surface area contributed by atoms with Crippen LogP contribution in [0.2, 0.25) is 0 Å². The molecule has 0 bridgehead atoms. The highest BCUT2D eigenvalue weighted by Crippen LogP contribution is 2.18. The summed E-state index contributed by atoms with van der Waals surface area (Å²) in [7, 11) is 1.73. The van der Waals surface area contributed by atoms with Crippen LogP contribution < -0.4 is 15.0 Å². The van der Waals surface area contributed by atoms with E-state index in [1.54, 1.807) is 60.5 Å². The summed E-state index contributed by atoms with van der Waals surface area (Å²) in [4.78, 5) is 26.7. The molecule has 0 saturated heterocycles. The Morgan fingerprint density at radius 3 is 2.13 bits per heavy atom. The molecule has 31 heavy (non-hydrogen) atoms. The number of anilines is 2. The first-order valence-corrected chi connectivity index (χ1v) is 10.1. The molecule has 1 N–H and O–H groups in total. The first-order chi connectivity index (χ1) is 15.1. The van der Waals surface area contributed by atoms with Crippen LogP contribution in [0.25, 0.3) is 0 Å². The van der Waals surface area contributed by atoms with Crippen LogP contribution in [-0.2, 0) is 4.74 Å². The van der Waals surface area contributed by atoms with Crippen molar-refractivity contribution in [2.24, 2.45) is 0 Å². The highest BCUT2D eigenvalue weighted by Gasteiger charge is 2.13. The van der Waals surface area contributed by atoms with E-state index in [9.17, 15) is 9.59 Å². The SMILES string of the molecule is CCOCCOc1ccc(C(=O)Nc2ccc(C(=O)N(C)c3ccccc3)cc2)cc1. The van der Waals surface area contributed by atoms with Gasteiger partial charge in [0.15, 0.2) is 0 Å². The summed E-state index contributed by atoms with van der Waals surface area (Å²) in [5.41, 5.74) is 2.48. The number of hydrogen-bond donors (Lipinski definition) is 1. The molecule has 2 amide bonds. The van der Waals surface area contributed by atoms with Crippen LogP contribution in [0.1, 0.15) is 27.6 Å². The van der Waals surface area contributed by atoms with E-state index in [4.69, 9.17) is 9.47 Å². The molecule has 160 valence electrons. The van der Waals surface area contributed by atoms with Crippen molar-refractivity contribution in [1.29, 1.82) is 0 Å². The maximum absolute atomic E-state index is 12.7. The number of hydrogen-bond acceptors (Lipinski definition) is 4. The lowest BCUT2D eigenvalue weighted by atomic mass is 10.1. The molecule has 0 aliphatic carbocycles. The normalized spacial score (nSPS) is 10.4. The minimum Gasteiger partial charge on any atom is -0.491 e. The maximum Gasteiger partial charge on any atom is 0.258 e. The summed E-state index contributed by atoms with van der Waals surface area (Å²) >= 11 is 0. The Balaban J connectivity index is 1.56. The fraction of sp³-hybridized carbons (Fsp3) is 0.200. The lowest BCUT2D eigenvalue weighted by Crippen LogP contribution is -2.26. The summed E-state index contributed by atoms with van der Waals surface area (Å²) in [6.45, 7) is 3.58. The van der Waals surface area contributed by atoms with Crippen molar-refractivity contribution in [3.63, 3.8) is 0 Å². The molecule has 6 heteroatoms. The number of rotatable bonds is 9. The van der Waals surface area contributed by atoms with Gasteiger partial charge in [0.05, 0.1) is 6.61 Å². The van der Waals surface area contributed by atoms with Gasteiger partial charge in [-0.05, 0) is 67.6 Å². The van der Waals surface area contributed by atoms with Gasteiger partial charge in [-0.25, -0.2) is 0 Å². The van der Waals surface area contributed by atoms with Gasteiger partial charge in [-0.3, -0.25) is 9.59 Å². The monoisotopic (exact) mass is 418 g/mol. The molecule has 0 atom stereocenters. The molecule has 0 aliphatic rings. The van der Waals surface area contributed by atoms with Gasteiger partial charge < -0.3 is 19.7 Å². The Labute approximate surface area is 182 Å². The highest BCUT2D eigenvalue weighted by atomic mass is 16.5. The first-order valence-electron chi connectivity index (χ1n) is 10.1. The van der Waals surface area contributed by atoms with Gasteiger partial charge in [-0.15, -0.1) is 0 Å². The standard InChI is InChI=1S/C25H26N2O4/c1-3-30-17-18-31-23-15-11-19(12-16-23)24(28)26-21-13-9-20(10-14-21)25(29)27(2)22-7-5-4-6-8-22/h4-16H,3,17-18H2,1-2H3,(H,26,28). The van der Waals surface area contributed by atoms with Crippen molar-refractivity contribution >= 4 is 23.2 Å². The summed E-state index contributed by atoms with van der Waals surface area (Å²) in [5.74, 6) is 0.326. The smallest absolute Gasteiger partial charge is 0.258 e. The molecule has 0 fully saturated rings. The molecule has 0 radical (unpaired) electrons. The predicted octanol–water partition coefficient (Wildman–Crippen LogP) is 4.63. The highest BCUT2D eigenvalue weighted by molar-refractivity contribution is 6.07. The molecule has 0 unspecified atom stereocenters. The second kappa shape index (κ2) is 10.9. The Morgan fingerprint density at radius 2 is 1.48 bits per heavy atom. The minimum absolute atomic E-state index is 0.121. The molecular formula is C25H26N2O4. The topological polar surface area (TPSA) is 67.9 Å². The molecule has 0 heterocycles. The summed E-state index contributed by atoms with van der Waals surface area (Å²) in [6, 6.07) is 23.2. The van der Waals surface area contributed by atoms with E-state index in [1.165, 1.54) is 0 Å². The molecule has 6 nitrogen and oxygen atoms in total. The van der Waals surface area contributed by atoms with Crippen LogP contribution in [0.15, 0.2) is 78.9 Å². The molecule has 3 aromatic carbocycles. The molecule has 0 saturated carbocycles. The van der Waals surface area contributed by atoms with E-state index >= 15 is 0 Å². The average molecular weight is 418 g/mol. The molecule has 3 aromatic rings. The molecule has 3 rings (SSSR count). The van der Waals surface area contributed by atoms with Crippen LogP contribution in [0.3, 0.4) is 0 Å². The maximum atomic E-state index is 12.7. The summed E-state index contributed by atoms with van der Waals surface area (Å²) in [5, 5.41) is 2.84. The van der Waals surface area contributed by atoms with Gasteiger partial charge in [0, 0.05) is 36.2 Å². The fourth-order valence-corrected chi connectivity index (χ4v) is 2.93. The largest absolute Gasteiger partial charge is 0.491 e. The zero-order chi connectivity index (χ0) is 22.1. The van der Waals surface area contributed by atoms with E-state index < -0.39 is 0 Å². The van der Waals surface area contributed by atoms with Crippen molar-refractivity contribution < 1.29 is 19.1 Å². The molecular weight excluding hydrogens is 392 g/mol. The average Bonchev–Trinajstić information content (AvgIpc) is 2.82. The van der Waals surface area contributed by atoms with Gasteiger partial charge in [0.2, 0.25) is 0 Å². The van der Waals surface area contributed by atoms with Gasteiger partial charge in [0.1, 0.15) is 12.4 Å². The van der Waals surface area contributed by atoms with Crippen LogP contribution in [-0.4, -0.2) is 38.7 Å². The predicted molar refractivity (Wildman–Crippen MR) is 122 cm³/mol. The minimum atomic E-state index is -0.235. The van der Waals surface area contributed by atoms with Gasteiger partial charge in [-0.1, -0.05) is 18.2 Å². The van der Waals surface area contributed by atoms with Crippen molar-refractivity contribution in [1.82, 2.24) is 0 Å². The third-order valence-corrected chi connectivity index (χ3v) is 4.65. The Kier molecular flexibility index (Phi) is 7.79. The van der Waals surface area contributed by atoms with Crippen molar-refractivity contribution in [3.05, 3.63) is 90.0 Å². The van der Waals surface area contributed by atoms with Gasteiger partial charge >= 0.3 is 0 Å². The lowest BCUT2D eigenvalue weighted by Gasteiger charge is -2.17. The van der Waals surface area contributed by atoms with Gasteiger partial charge in [-0.2, -0.15) is 0 Å².